The summed E-state index contributed by atoms with van der Waals surface area (Å²) < 4.78 is 5.72. The molecular weight excluding hydrogens is 394 g/mol. The van der Waals surface area contributed by atoms with Gasteiger partial charge in [0.15, 0.2) is 0 Å². The van der Waals surface area contributed by atoms with Gasteiger partial charge in [0, 0.05) is 25.4 Å². The predicted octanol–water partition coefficient (Wildman–Crippen LogP) is 4.26. The summed E-state index contributed by atoms with van der Waals surface area (Å²) in [6.45, 7) is 6.86. The Balaban J connectivity index is 1.47. The van der Waals surface area contributed by atoms with Crippen LogP contribution in [-0.2, 0) is 19.1 Å². The number of carboxylic acids is 1. The molecule has 3 saturated carbocycles. The minimum Gasteiger partial charge on any atom is -0.481 e. The van der Waals surface area contributed by atoms with Crippen LogP contribution in [0.25, 0.3) is 0 Å². The van der Waals surface area contributed by atoms with E-state index in [0.717, 1.165) is 25.7 Å². The van der Waals surface area contributed by atoms with E-state index < -0.39 is 11.9 Å². The molecule has 1 unspecified atom stereocenters. The standard InChI is InChI=1S/C25H39NO5/c1-15(31-23(30)10-9-22(28)29)17-6-7-18-16-5-8-20-25(3,14-12-21(27)26(20)4)19(16)11-13-24(17,18)2/h15-20H,5-14H2,1-4H3,(H,28,29)/t15?,16-,17+,18-,19-,20+,24+,25+/m0/s1. The first-order valence-corrected chi connectivity index (χ1v) is 12.2. The highest BCUT2D eigenvalue weighted by Crippen LogP contribution is 2.66. The van der Waals surface area contributed by atoms with Gasteiger partial charge in [0.25, 0.3) is 0 Å². The van der Waals surface area contributed by atoms with Gasteiger partial charge in [0.1, 0.15) is 6.10 Å². The van der Waals surface area contributed by atoms with Crippen LogP contribution in [0, 0.1) is 34.5 Å². The first-order valence-electron chi connectivity index (χ1n) is 12.2. The molecule has 1 aliphatic heterocycles. The van der Waals surface area contributed by atoms with Crippen LogP contribution in [0.1, 0.15) is 85.0 Å². The summed E-state index contributed by atoms with van der Waals surface area (Å²) in [6, 6.07) is 0.380. The van der Waals surface area contributed by atoms with E-state index in [1.54, 1.807) is 0 Å². The van der Waals surface area contributed by atoms with E-state index >= 15 is 0 Å². The molecule has 31 heavy (non-hydrogen) atoms. The monoisotopic (exact) mass is 433 g/mol. The molecule has 8 atom stereocenters. The fourth-order valence-electron chi connectivity index (χ4n) is 8.52. The van der Waals surface area contributed by atoms with Crippen molar-refractivity contribution in [3.05, 3.63) is 0 Å². The number of carbonyl (C=O) groups excluding carboxylic acids is 2. The molecule has 0 aromatic rings. The molecule has 4 rings (SSSR count). The molecule has 0 aromatic carbocycles. The number of hydrogen-bond donors (Lipinski definition) is 1. The van der Waals surface area contributed by atoms with Crippen molar-refractivity contribution in [1.82, 2.24) is 4.90 Å². The molecule has 0 bridgehead atoms. The zero-order chi connectivity index (χ0) is 22.6. The number of aliphatic carboxylic acids is 1. The van der Waals surface area contributed by atoms with Crippen LogP contribution in [0.5, 0.6) is 0 Å². The summed E-state index contributed by atoms with van der Waals surface area (Å²) in [7, 11) is 2.00. The number of carboxylic acid groups (broad SMARTS) is 1. The van der Waals surface area contributed by atoms with Gasteiger partial charge in [-0.2, -0.15) is 0 Å². The summed E-state index contributed by atoms with van der Waals surface area (Å²) in [5.41, 5.74) is 0.396. The fourth-order valence-corrected chi connectivity index (χ4v) is 8.52. The molecule has 0 radical (unpaired) electrons. The Kier molecular flexibility index (Phi) is 5.89. The number of carbonyl (C=O) groups is 3. The maximum absolute atomic E-state index is 12.3. The van der Waals surface area contributed by atoms with Gasteiger partial charge in [-0.3, -0.25) is 14.4 Å². The van der Waals surface area contributed by atoms with Gasteiger partial charge in [-0.25, -0.2) is 0 Å². The van der Waals surface area contributed by atoms with Crippen molar-refractivity contribution >= 4 is 17.8 Å². The molecular formula is C25H39NO5. The summed E-state index contributed by atoms with van der Waals surface area (Å²) in [4.78, 5) is 37.3. The summed E-state index contributed by atoms with van der Waals surface area (Å²) >= 11 is 0. The minimum absolute atomic E-state index is 0.0524. The lowest BCUT2D eigenvalue weighted by atomic mass is 9.46. The van der Waals surface area contributed by atoms with E-state index in [1.807, 2.05) is 18.9 Å². The second-order valence-corrected chi connectivity index (χ2v) is 11.3. The Morgan fingerprint density at radius 1 is 1.06 bits per heavy atom. The highest BCUT2D eigenvalue weighted by molar-refractivity contribution is 5.77. The van der Waals surface area contributed by atoms with Gasteiger partial charge in [-0.15, -0.1) is 0 Å². The van der Waals surface area contributed by atoms with E-state index in [2.05, 4.69) is 13.8 Å². The fraction of sp³-hybridized carbons (Fsp3) is 0.880. The third kappa shape index (κ3) is 3.68. The molecule has 174 valence electrons. The van der Waals surface area contributed by atoms with Crippen molar-refractivity contribution in [2.45, 2.75) is 97.1 Å². The van der Waals surface area contributed by atoms with E-state index in [0.29, 0.717) is 42.0 Å². The molecule has 0 spiro atoms. The zero-order valence-electron chi connectivity index (χ0n) is 19.6. The summed E-state index contributed by atoms with van der Waals surface area (Å²) in [6.07, 6.45) is 8.24. The van der Waals surface area contributed by atoms with Crippen molar-refractivity contribution in [3.63, 3.8) is 0 Å². The molecule has 1 amide bonds. The average molecular weight is 434 g/mol. The number of likely N-dealkylation sites (tertiary alicyclic amines) is 1. The van der Waals surface area contributed by atoms with Crippen LogP contribution in [0.4, 0.5) is 0 Å². The molecule has 1 saturated heterocycles. The minimum atomic E-state index is -0.963. The molecule has 1 N–H and O–H groups in total. The number of amides is 1. The van der Waals surface area contributed by atoms with Gasteiger partial charge in [-0.1, -0.05) is 13.8 Å². The smallest absolute Gasteiger partial charge is 0.306 e. The average Bonchev–Trinajstić information content (AvgIpc) is 3.07. The summed E-state index contributed by atoms with van der Waals surface area (Å²) in [5, 5.41) is 8.82. The number of rotatable bonds is 5. The zero-order valence-corrected chi connectivity index (χ0v) is 19.6. The highest BCUT2D eigenvalue weighted by Gasteiger charge is 2.61. The molecule has 3 aliphatic carbocycles. The van der Waals surface area contributed by atoms with Crippen LogP contribution in [0.2, 0.25) is 0 Å². The lowest BCUT2D eigenvalue weighted by Crippen LogP contribution is -2.61. The third-order valence-electron chi connectivity index (χ3n) is 10.1. The van der Waals surface area contributed by atoms with Gasteiger partial charge >= 0.3 is 11.9 Å². The van der Waals surface area contributed by atoms with Crippen LogP contribution < -0.4 is 0 Å². The van der Waals surface area contributed by atoms with Gasteiger partial charge in [-0.05, 0) is 80.5 Å². The largest absolute Gasteiger partial charge is 0.481 e. The van der Waals surface area contributed by atoms with Crippen LogP contribution in [0.15, 0.2) is 0 Å². The lowest BCUT2D eigenvalue weighted by Gasteiger charge is -2.62. The molecule has 6 heteroatoms. The SMILES string of the molecule is CC(OC(=O)CCC(=O)O)[C@H]1CC[C@H]2[C@@H]3CC[C@H]4N(C)C(=O)CC[C@]4(C)[C@H]3CC[C@]12C. The number of hydrogen-bond acceptors (Lipinski definition) is 4. The molecule has 4 aliphatic rings. The first-order chi connectivity index (χ1) is 14.6. The van der Waals surface area contributed by atoms with E-state index in [9.17, 15) is 14.4 Å². The van der Waals surface area contributed by atoms with Crippen molar-refractivity contribution in [3.8, 4) is 0 Å². The van der Waals surface area contributed by atoms with Crippen molar-refractivity contribution in [2.75, 3.05) is 7.05 Å². The number of ether oxygens (including phenoxy) is 1. The number of fused-ring (bicyclic) bond motifs is 5. The van der Waals surface area contributed by atoms with Gasteiger partial charge in [0.2, 0.25) is 5.91 Å². The molecule has 0 aromatic heterocycles. The van der Waals surface area contributed by atoms with Gasteiger partial charge < -0.3 is 14.7 Å². The van der Waals surface area contributed by atoms with E-state index in [-0.39, 0.29) is 29.8 Å². The highest BCUT2D eigenvalue weighted by atomic mass is 16.5. The van der Waals surface area contributed by atoms with Gasteiger partial charge in [0.05, 0.1) is 12.8 Å². The summed E-state index contributed by atoms with van der Waals surface area (Å²) in [5.74, 6) is 1.31. The topological polar surface area (TPSA) is 83.9 Å². The van der Waals surface area contributed by atoms with Crippen LogP contribution in [-0.4, -0.2) is 47.0 Å². The molecule has 4 fully saturated rings. The van der Waals surface area contributed by atoms with E-state index in [4.69, 9.17) is 9.84 Å². The first kappa shape index (κ1) is 22.6. The predicted molar refractivity (Wildman–Crippen MR) is 116 cm³/mol. The Bertz CT molecular complexity index is 752. The maximum atomic E-state index is 12.3. The third-order valence-corrected chi connectivity index (χ3v) is 10.1. The van der Waals surface area contributed by atoms with E-state index in [1.165, 1.54) is 19.3 Å². The Morgan fingerprint density at radius 3 is 2.48 bits per heavy atom. The normalized spacial score (nSPS) is 42.9. The van der Waals surface area contributed by atoms with Crippen molar-refractivity contribution in [2.24, 2.45) is 34.5 Å². The van der Waals surface area contributed by atoms with Crippen molar-refractivity contribution in [1.29, 1.82) is 0 Å². The van der Waals surface area contributed by atoms with Crippen LogP contribution in [0.3, 0.4) is 0 Å². The lowest BCUT2D eigenvalue weighted by molar-refractivity contribution is -0.165. The Labute approximate surface area is 186 Å². The second kappa shape index (κ2) is 8.08. The number of piperidine rings is 1. The quantitative estimate of drug-likeness (QED) is 0.655. The Hall–Kier alpha value is -1.59. The Morgan fingerprint density at radius 2 is 1.77 bits per heavy atom. The maximum Gasteiger partial charge on any atom is 0.306 e. The number of esters is 1. The second-order valence-electron chi connectivity index (χ2n) is 11.3. The number of nitrogens with zero attached hydrogens (tertiary/aromatic N) is 1. The molecule has 1 heterocycles. The molecule has 6 nitrogen and oxygen atoms in total. The van der Waals surface area contributed by atoms with Crippen molar-refractivity contribution < 1.29 is 24.2 Å². The van der Waals surface area contributed by atoms with Crippen LogP contribution >= 0.6 is 0 Å².